The van der Waals surface area contributed by atoms with Gasteiger partial charge in [0.05, 0.1) is 19.0 Å². The van der Waals surface area contributed by atoms with Crippen molar-refractivity contribution < 1.29 is 34.2 Å². The highest BCUT2D eigenvalue weighted by atomic mass is 32.2. The van der Waals surface area contributed by atoms with Crippen molar-refractivity contribution in [1.29, 1.82) is 0 Å². The summed E-state index contributed by atoms with van der Waals surface area (Å²) >= 11 is 1.42. The fourth-order valence-electron chi connectivity index (χ4n) is 1.72. The second-order valence-electron chi connectivity index (χ2n) is 5.41. The highest BCUT2D eigenvalue weighted by Crippen LogP contribution is 2.01. The number of carboxylic acids is 2. The van der Waals surface area contributed by atoms with Crippen molar-refractivity contribution in [3.63, 3.8) is 0 Å². The summed E-state index contributed by atoms with van der Waals surface area (Å²) in [6.45, 7) is 0.797. The molecule has 12 heteroatoms. The Morgan fingerprint density at radius 3 is 2.12 bits per heavy atom. The first-order valence-electron chi connectivity index (χ1n) is 7.65. The molecule has 0 saturated heterocycles. The molecule has 0 aromatic carbocycles. The van der Waals surface area contributed by atoms with Gasteiger partial charge in [-0.15, -0.1) is 0 Å². The monoisotopic (exact) mass is 392 g/mol. The van der Waals surface area contributed by atoms with Gasteiger partial charge in [-0.25, -0.2) is 4.79 Å². The lowest BCUT2D eigenvalue weighted by molar-refractivity contribution is -0.142. The van der Waals surface area contributed by atoms with E-state index in [1.165, 1.54) is 18.7 Å². The quantitative estimate of drug-likeness (QED) is 0.213. The van der Waals surface area contributed by atoms with Crippen LogP contribution < -0.4 is 21.7 Å². The van der Waals surface area contributed by atoms with Gasteiger partial charge >= 0.3 is 11.9 Å². The topological polar surface area (TPSA) is 188 Å². The molecule has 26 heavy (non-hydrogen) atoms. The Morgan fingerprint density at radius 1 is 1.04 bits per heavy atom. The number of carboxylic acid groups (broad SMARTS) is 2. The molecule has 11 nitrogen and oxygen atoms in total. The van der Waals surface area contributed by atoms with Crippen LogP contribution in [-0.2, 0) is 24.0 Å². The van der Waals surface area contributed by atoms with Gasteiger partial charge in [-0.2, -0.15) is 11.8 Å². The Morgan fingerprint density at radius 2 is 1.65 bits per heavy atom. The maximum atomic E-state index is 12.0. The zero-order valence-electron chi connectivity index (χ0n) is 14.5. The molecule has 0 aliphatic heterocycles. The van der Waals surface area contributed by atoms with Crippen LogP contribution in [-0.4, -0.2) is 76.6 Å². The first kappa shape index (κ1) is 23.7. The Labute approximate surface area is 154 Å². The number of aliphatic carboxylic acids is 2. The molecule has 0 rings (SSSR count). The fraction of sp³-hybridized carbons (Fsp3) is 0.643. The number of nitrogens with one attached hydrogen (secondary N) is 3. The minimum Gasteiger partial charge on any atom is -0.481 e. The molecule has 3 unspecified atom stereocenters. The van der Waals surface area contributed by atoms with Crippen molar-refractivity contribution >= 4 is 41.4 Å². The van der Waals surface area contributed by atoms with E-state index >= 15 is 0 Å². The average Bonchev–Trinajstić information content (AvgIpc) is 2.54. The van der Waals surface area contributed by atoms with Crippen LogP contribution in [0.3, 0.4) is 0 Å². The Kier molecular flexibility index (Phi) is 11.0. The molecular weight excluding hydrogens is 368 g/mol. The molecule has 0 spiro atoms. The SMILES string of the molecule is CSCCC(NC(=O)CNC(=O)C(CC(=O)O)NC(=O)C(C)N)C(=O)O. The summed E-state index contributed by atoms with van der Waals surface area (Å²) in [7, 11) is 0. The van der Waals surface area contributed by atoms with Crippen LogP contribution in [0.15, 0.2) is 0 Å². The van der Waals surface area contributed by atoms with Gasteiger partial charge in [-0.05, 0) is 25.4 Å². The van der Waals surface area contributed by atoms with E-state index in [1.54, 1.807) is 6.26 Å². The van der Waals surface area contributed by atoms with Crippen molar-refractivity contribution in [1.82, 2.24) is 16.0 Å². The van der Waals surface area contributed by atoms with E-state index in [-0.39, 0.29) is 6.42 Å². The summed E-state index contributed by atoms with van der Waals surface area (Å²) in [5.41, 5.74) is 5.35. The number of carbonyl (C=O) groups excluding carboxylic acids is 3. The molecule has 0 bridgehead atoms. The minimum absolute atomic E-state index is 0.211. The molecule has 0 fully saturated rings. The normalized spacial score (nSPS) is 13.8. The van der Waals surface area contributed by atoms with Gasteiger partial charge in [-0.1, -0.05) is 0 Å². The summed E-state index contributed by atoms with van der Waals surface area (Å²) in [5.74, 6) is -4.38. The van der Waals surface area contributed by atoms with Gasteiger partial charge in [-0.3, -0.25) is 19.2 Å². The van der Waals surface area contributed by atoms with E-state index in [9.17, 15) is 24.0 Å². The van der Waals surface area contributed by atoms with Crippen LogP contribution in [0.5, 0.6) is 0 Å². The van der Waals surface area contributed by atoms with Crippen LogP contribution >= 0.6 is 11.8 Å². The molecule has 3 amide bonds. The lowest BCUT2D eigenvalue weighted by Crippen LogP contribution is -2.53. The summed E-state index contributed by atoms with van der Waals surface area (Å²) < 4.78 is 0. The summed E-state index contributed by atoms with van der Waals surface area (Å²) in [6.07, 6.45) is 1.31. The summed E-state index contributed by atoms with van der Waals surface area (Å²) in [5, 5.41) is 24.4. The highest BCUT2D eigenvalue weighted by molar-refractivity contribution is 7.98. The third kappa shape index (κ3) is 9.84. The zero-order valence-corrected chi connectivity index (χ0v) is 15.3. The Hall–Kier alpha value is -2.34. The largest absolute Gasteiger partial charge is 0.481 e. The van der Waals surface area contributed by atoms with Gasteiger partial charge in [0.1, 0.15) is 12.1 Å². The standard InChI is InChI=1S/C14H24N4O7S/c1-7(15)12(22)18-9(5-11(20)21)13(23)16-6-10(19)17-8(14(24)25)3-4-26-2/h7-9H,3-6,15H2,1-2H3,(H,16,23)(H,17,19)(H,18,22)(H,20,21)(H,24,25). The van der Waals surface area contributed by atoms with Gasteiger partial charge < -0.3 is 31.9 Å². The number of rotatable bonds is 12. The first-order chi connectivity index (χ1) is 12.1. The fourth-order valence-corrected chi connectivity index (χ4v) is 2.19. The van der Waals surface area contributed by atoms with Gasteiger partial charge in [0.25, 0.3) is 0 Å². The van der Waals surface area contributed by atoms with Crippen molar-refractivity contribution in [3.8, 4) is 0 Å². The van der Waals surface area contributed by atoms with E-state index in [0.29, 0.717) is 5.75 Å². The number of hydrogen-bond donors (Lipinski definition) is 6. The van der Waals surface area contributed by atoms with Gasteiger partial charge in [0, 0.05) is 0 Å². The van der Waals surface area contributed by atoms with Crippen molar-refractivity contribution in [2.45, 2.75) is 37.9 Å². The lowest BCUT2D eigenvalue weighted by atomic mass is 10.1. The molecular formula is C14H24N4O7S. The molecule has 0 aliphatic rings. The number of thioether (sulfide) groups is 1. The molecule has 0 aromatic rings. The molecule has 0 aromatic heterocycles. The molecule has 3 atom stereocenters. The van der Waals surface area contributed by atoms with Crippen LogP contribution in [0.1, 0.15) is 19.8 Å². The van der Waals surface area contributed by atoms with Crippen LogP contribution in [0.4, 0.5) is 0 Å². The van der Waals surface area contributed by atoms with Crippen LogP contribution in [0.2, 0.25) is 0 Å². The van der Waals surface area contributed by atoms with E-state index in [2.05, 4.69) is 16.0 Å². The number of hydrogen-bond acceptors (Lipinski definition) is 7. The van der Waals surface area contributed by atoms with Crippen molar-refractivity contribution in [2.24, 2.45) is 5.73 Å². The number of nitrogens with two attached hydrogens (primary N) is 1. The van der Waals surface area contributed by atoms with E-state index < -0.39 is 60.8 Å². The van der Waals surface area contributed by atoms with Crippen molar-refractivity contribution in [3.05, 3.63) is 0 Å². The predicted octanol–water partition coefficient (Wildman–Crippen LogP) is -2.27. The predicted molar refractivity (Wildman–Crippen MR) is 93.4 cm³/mol. The molecule has 0 radical (unpaired) electrons. The third-order valence-corrected chi connectivity index (χ3v) is 3.74. The van der Waals surface area contributed by atoms with E-state index in [1.807, 2.05) is 0 Å². The van der Waals surface area contributed by atoms with Crippen molar-refractivity contribution in [2.75, 3.05) is 18.6 Å². The smallest absolute Gasteiger partial charge is 0.326 e. The summed E-state index contributed by atoms with van der Waals surface area (Å²) in [4.78, 5) is 57.2. The molecule has 0 aliphatic carbocycles. The molecule has 0 heterocycles. The molecule has 7 N–H and O–H groups in total. The number of amides is 3. The lowest BCUT2D eigenvalue weighted by Gasteiger charge is -2.18. The zero-order chi connectivity index (χ0) is 20.3. The van der Waals surface area contributed by atoms with E-state index in [0.717, 1.165) is 0 Å². The van der Waals surface area contributed by atoms with Gasteiger partial charge in [0.2, 0.25) is 17.7 Å². The summed E-state index contributed by atoms with van der Waals surface area (Å²) in [6, 6.07) is -3.46. The van der Waals surface area contributed by atoms with Crippen LogP contribution in [0, 0.1) is 0 Å². The maximum Gasteiger partial charge on any atom is 0.326 e. The highest BCUT2D eigenvalue weighted by Gasteiger charge is 2.26. The van der Waals surface area contributed by atoms with Gasteiger partial charge in [0.15, 0.2) is 0 Å². The molecule has 0 saturated carbocycles. The average molecular weight is 392 g/mol. The first-order valence-corrected chi connectivity index (χ1v) is 9.04. The third-order valence-electron chi connectivity index (χ3n) is 3.09. The van der Waals surface area contributed by atoms with Crippen LogP contribution in [0.25, 0.3) is 0 Å². The maximum absolute atomic E-state index is 12.0. The minimum atomic E-state index is -1.41. The Bertz CT molecular complexity index is 541. The molecule has 148 valence electrons. The second-order valence-corrected chi connectivity index (χ2v) is 6.39. The number of carbonyl (C=O) groups is 5. The van der Waals surface area contributed by atoms with E-state index in [4.69, 9.17) is 15.9 Å². The second kappa shape index (κ2) is 12.1. The Balaban J connectivity index is 4.68.